The topological polar surface area (TPSA) is 76.7 Å². The van der Waals surface area contributed by atoms with Crippen molar-refractivity contribution in [2.24, 2.45) is 0 Å². The van der Waals surface area contributed by atoms with Gasteiger partial charge in [-0.05, 0) is 60.5 Å². The summed E-state index contributed by atoms with van der Waals surface area (Å²) in [4.78, 5) is 25.0. The summed E-state index contributed by atoms with van der Waals surface area (Å²) >= 11 is 0. The van der Waals surface area contributed by atoms with Gasteiger partial charge in [0.05, 0.1) is 12.7 Å². The first-order valence-electron chi connectivity index (χ1n) is 11.2. The Labute approximate surface area is 204 Å². The lowest BCUT2D eigenvalue weighted by molar-refractivity contribution is 0.101. The van der Waals surface area contributed by atoms with E-state index in [1.54, 1.807) is 49.6 Å². The number of carbonyl (C=O) groups excluding carboxylic acids is 2. The van der Waals surface area contributed by atoms with Crippen LogP contribution in [0.25, 0.3) is 0 Å². The predicted octanol–water partition coefficient (Wildman–Crippen LogP) is 6.71. The largest absolute Gasteiger partial charge is 0.497 e. The van der Waals surface area contributed by atoms with Gasteiger partial charge in [-0.15, -0.1) is 0 Å². The van der Waals surface area contributed by atoms with Crippen molar-refractivity contribution in [3.05, 3.63) is 120 Å². The van der Waals surface area contributed by atoms with E-state index >= 15 is 0 Å². The monoisotopic (exact) mass is 466 g/mol. The zero-order chi connectivity index (χ0) is 24.6. The summed E-state index contributed by atoms with van der Waals surface area (Å²) in [7, 11) is 1.58. The Bertz CT molecular complexity index is 1250. The minimum Gasteiger partial charge on any atom is -0.497 e. The van der Waals surface area contributed by atoms with Gasteiger partial charge in [0.1, 0.15) is 17.6 Å². The number of rotatable bonds is 8. The maximum atomic E-state index is 12.5. The lowest BCUT2D eigenvalue weighted by atomic mass is 10.0. The van der Waals surface area contributed by atoms with Crippen LogP contribution >= 0.6 is 0 Å². The van der Waals surface area contributed by atoms with Crippen LogP contribution in [0.2, 0.25) is 0 Å². The molecule has 0 saturated carbocycles. The minimum atomic E-state index is -0.426. The molecule has 2 amide bonds. The summed E-state index contributed by atoms with van der Waals surface area (Å²) in [6.07, 6.45) is -0.396. The molecule has 0 radical (unpaired) electrons. The number of methoxy groups -OCH3 is 1. The van der Waals surface area contributed by atoms with Crippen molar-refractivity contribution < 1.29 is 19.1 Å². The average Bonchev–Trinajstić information content (AvgIpc) is 2.89. The standard InChI is InChI=1S/C29H26N2O4/c1-20(32)26-19-24(31-29(33)30-23-13-16-25(34-2)17-14-23)15-18-27(26)35-28(21-9-5-3-6-10-21)22-11-7-4-8-12-22/h3-19,28H,1-2H3,(H2,30,31,33). The Morgan fingerprint density at radius 3 is 1.80 bits per heavy atom. The van der Waals surface area contributed by atoms with Crippen LogP contribution in [0.5, 0.6) is 11.5 Å². The molecular formula is C29H26N2O4. The third-order valence-electron chi connectivity index (χ3n) is 5.41. The highest BCUT2D eigenvalue weighted by molar-refractivity contribution is 6.02. The van der Waals surface area contributed by atoms with Gasteiger partial charge in [0, 0.05) is 11.4 Å². The molecule has 0 atom stereocenters. The first-order chi connectivity index (χ1) is 17.0. The predicted molar refractivity (Wildman–Crippen MR) is 137 cm³/mol. The fourth-order valence-electron chi connectivity index (χ4n) is 3.66. The van der Waals surface area contributed by atoms with E-state index in [1.165, 1.54) is 6.92 Å². The lowest BCUT2D eigenvalue weighted by Gasteiger charge is -2.22. The number of hydrogen-bond acceptors (Lipinski definition) is 4. The van der Waals surface area contributed by atoms with Crippen LogP contribution in [0.3, 0.4) is 0 Å². The molecule has 6 nitrogen and oxygen atoms in total. The average molecular weight is 467 g/mol. The summed E-state index contributed by atoms with van der Waals surface area (Å²) in [5.41, 5.74) is 3.40. The van der Waals surface area contributed by atoms with Crippen molar-refractivity contribution in [3.8, 4) is 11.5 Å². The van der Waals surface area contributed by atoms with E-state index in [0.29, 0.717) is 28.4 Å². The maximum Gasteiger partial charge on any atom is 0.323 e. The number of Topliss-reactive ketones (excluding diaryl/α,β-unsaturated/α-hetero) is 1. The number of carbonyl (C=O) groups is 2. The molecule has 176 valence electrons. The van der Waals surface area contributed by atoms with Crippen LogP contribution in [0.4, 0.5) is 16.2 Å². The first-order valence-corrected chi connectivity index (χ1v) is 11.2. The normalized spacial score (nSPS) is 10.5. The van der Waals surface area contributed by atoms with E-state index in [9.17, 15) is 9.59 Å². The van der Waals surface area contributed by atoms with Crippen molar-refractivity contribution in [1.82, 2.24) is 0 Å². The van der Waals surface area contributed by atoms with Crippen LogP contribution in [-0.4, -0.2) is 18.9 Å². The summed E-state index contributed by atoms with van der Waals surface area (Å²) in [5, 5.41) is 5.53. The van der Waals surface area contributed by atoms with Gasteiger partial charge in [-0.2, -0.15) is 0 Å². The number of amides is 2. The van der Waals surface area contributed by atoms with Crippen LogP contribution in [0, 0.1) is 0 Å². The molecule has 0 fully saturated rings. The zero-order valence-electron chi connectivity index (χ0n) is 19.5. The summed E-state index contributed by atoms with van der Waals surface area (Å²) in [6.45, 7) is 1.48. The quantitative estimate of drug-likeness (QED) is 0.283. The molecule has 0 aromatic heterocycles. The highest BCUT2D eigenvalue weighted by Gasteiger charge is 2.19. The molecule has 0 saturated heterocycles. The maximum absolute atomic E-state index is 12.5. The highest BCUT2D eigenvalue weighted by atomic mass is 16.5. The number of nitrogens with one attached hydrogen (secondary N) is 2. The van der Waals surface area contributed by atoms with Gasteiger partial charge >= 0.3 is 6.03 Å². The SMILES string of the molecule is COc1ccc(NC(=O)Nc2ccc(OC(c3ccccc3)c3ccccc3)c(C(C)=O)c2)cc1. The summed E-state index contributed by atoms with van der Waals surface area (Å²) < 4.78 is 11.5. The Kier molecular flexibility index (Phi) is 7.43. The van der Waals surface area contributed by atoms with Gasteiger partial charge in [-0.25, -0.2) is 4.79 Å². The number of benzene rings is 4. The number of ether oxygens (including phenoxy) is 2. The second kappa shape index (κ2) is 11.0. The van der Waals surface area contributed by atoms with Crippen LogP contribution in [0.15, 0.2) is 103 Å². The Morgan fingerprint density at radius 1 is 0.714 bits per heavy atom. The molecule has 0 aliphatic heterocycles. The van der Waals surface area contributed by atoms with E-state index < -0.39 is 12.1 Å². The summed E-state index contributed by atoms with van der Waals surface area (Å²) in [5.74, 6) is 0.970. The minimum absolute atomic E-state index is 0.168. The van der Waals surface area contributed by atoms with Crippen LogP contribution in [-0.2, 0) is 0 Å². The van der Waals surface area contributed by atoms with Crippen molar-refractivity contribution in [2.75, 3.05) is 17.7 Å². The fourth-order valence-corrected chi connectivity index (χ4v) is 3.66. The molecule has 0 aliphatic rings. The van der Waals surface area contributed by atoms with Gasteiger partial charge in [-0.3, -0.25) is 4.79 Å². The van der Waals surface area contributed by atoms with Crippen LogP contribution in [0.1, 0.15) is 34.5 Å². The third kappa shape index (κ3) is 6.06. The van der Waals surface area contributed by atoms with Crippen molar-refractivity contribution in [3.63, 3.8) is 0 Å². The van der Waals surface area contributed by atoms with E-state index in [-0.39, 0.29) is 5.78 Å². The first kappa shape index (κ1) is 23.6. The number of anilines is 2. The molecular weight excluding hydrogens is 440 g/mol. The lowest BCUT2D eigenvalue weighted by Crippen LogP contribution is -2.19. The van der Waals surface area contributed by atoms with Gasteiger partial charge in [-0.1, -0.05) is 60.7 Å². The molecule has 0 heterocycles. The third-order valence-corrected chi connectivity index (χ3v) is 5.41. The molecule has 0 spiro atoms. The second-order valence-corrected chi connectivity index (χ2v) is 7.89. The molecule has 0 unspecified atom stereocenters. The second-order valence-electron chi connectivity index (χ2n) is 7.89. The molecule has 2 N–H and O–H groups in total. The van der Waals surface area contributed by atoms with E-state index in [1.807, 2.05) is 60.7 Å². The van der Waals surface area contributed by atoms with Crippen LogP contribution < -0.4 is 20.1 Å². The molecule has 0 bridgehead atoms. The molecule has 4 rings (SSSR count). The highest BCUT2D eigenvalue weighted by Crippen LogP contribution is 2.32. The molecule has 4 aromatic carbocycles. The number of urea groups is 1. The Morgan fingerprint density at radius 2 is 1.26 bits per heavy atom. The van der Waals surface area contributed by atoms with Gasteiger partial charge in [0.2, 0.25) is 0 Å². The number of hydrogen-bond donors (Lipinski definition) is 2. The molecule has 35 heavy (non-hydrogen) atoms. The smallest absolute Gasteiger partial charge is 0.323 e. The van der Waals surface area contributed by atoms with Gasteiger partial charge in [0.25, 0.3) is 0 Å². The van der Waals surface area contributed by atoms with E-state index in [4.69, 9.17) is 9.47 Å². The molecule has 0 aliphatic carbocycles. The van der Waals surface area contributed by atoms with Crippen molar-refractivity contribution in [2.45, 2.75) is 13.0 Å². The van der Waals surface area contributed by atoms with Crippen molar-refractivity contribution in [1.29, 1.82) is 0 Å². The fraction of sp³-hybridized carbons (Fsp3) is 0.103. The molecule has 6 heteroatoms. The summed E-state index contributed by atoms with van der Waals surface area (Å²) in [6, 6.07) is 31.3. The van der Waals surface area contributed by atoms with Crippen molar-refractivity contribution >= 4 is 23.2 Å². The Balaban J connectivity index is 1.55. The van der Waals surface area contributed by atoms with Gasteiger partial charge < -0.3 is 20.1 Å². The zero-order valence-corrected chi connectivity index (χ0v) is 19.5. The number of ketones is 1. The van der Waals surface area contributed by atoms with Gasteiger partial charge in [0.15, 0.2) is 5.78 Å². The van der Waals surface area contributed by atoms with E-state index in [2.05, 4.69) is 10.6 Å². The van der Waals surface area contributed by atoms with E-state index in [0.717, 1.165) is 11.1 Å². The Hall–Kier alpha value is -4.58. The molecule has 4 aromatic rings.